The zero-order valence-corrected chi connectivity index (χ0v) is 15.3. The molecule has 2 aliphatic carbocycles. The third kappa shape index (κ3) is 6.22. The second kappa shape index (κ2) is 10.7. The Hall–Kier alpha value is -0.0400. The molecule has 0 unspecified atom stereocenters. The summed E-state index contributed by atoms with van der Waals surface area (Å²) in [5.41, 5.74) is 0. The van der Waals surface area contributed by atoms with Gasteiger partial charge in [0.1, 0.15) is 0 Å². The van der Waals surface area contributed by atoms with Crippen molar-refractivity contribution in [1.82, 2.24) is 0 Å². The summed E-state index contributed by atoms with van der Waals surface area (Å²) in [5, 5.41) is 0. The molecule has 0 spiro atoms. The second-order valence-corrected chi connectivity index (χ2v) is 8.11. The van der Waals surface area contributed by atoms with Gasteiger partial charge >= 0.3 is 0 Å². The standard InChI is InChI=1S/C21H40O/c1-3-4-5-6-7-8-9-18-10-12-19(13-11-18)20-14-16-21(22-2)17-15-20/h18-21H,3-17H2,1-2H3. The Labute approximate surface area is 139 Å². The van der Waals surface area contributed by atoms with E-state index in [2.05, 4.69) is 6.92 Å². The van der Waals surface area contributed by atoms with Crippen LogP contribution < -0.4 is 0 Å². The van der Waals surface area contributed by atoms with Crippen molar-refractivity contribution in [3.05, 3.63) is 0 Å². The van der Waals surface area contributed by atoms with Crippen molar-refractivity contribution >= 4 is 0 Å². The number of hydrogen-bond acceptors (Lipinski definition) is 1. The van der Waals surface area contributed by atoms with Crippen molar-refractivity contribution in [2.24, 2.45) is 17.8 Å². The summed E-state index contributed by atoms with van der Waals surface area (Å²) in [6, 6.07) is 0. The molecule has 0 aromatic carbocycles. The maximum absolute atomic E-state index is 5.52. The quantitative estimate of drug-likeness (QED) is 0.428. The molecule has 0 aliphatic heterocycles. The molecular weight excluding hydrogens is 268 g/mol. The van der Waals surface area contributed by atoms with E-state index in [4.69, 9.17) is 4.74 Å². The first-order valence-electron chi connectivity index (χ1n) is 10.4. The van der Waals surface area contributed by atoms with Crippen molar-refractivity contribution in [2.75, 3.05) is 7.11 Å². The van der Waals surface area contributed by atoms with Crippen LogP contribution in [0, 0.1) is 17.8 Å². The van der Waals surface area contributed by atoms with Gasteiger partial charge in [0.05, 0.1) is 6.10 Å². The molecule has 130 valence electrons. The molecular formula is C21H40O. The fraction of sp³-hybridized carbons (Fsp3) is 1.00. The van der Waals surface area contributed by atoms with E-state index in [1.54, 1.807) is 0 Å². The van der Waals surface area contributed by atoms with Crippen LogP contribution in [-0.2, 0) is 4.74 Å². The molecule has 0 bridgehead atoms. The SMILES string of the molecule is CCCCCCCCC1CCC(C2CCC(OC)CC2)CC1. The Morgan fingerprint density at radius 3 is 1.82 bits per heavy atom. The highest BCUT2D eigenvalue weighted by Gasteiger charge is 2.30. The lowest BCUT2D eigenvalue weighted by molar-refractivity contribution is 0.0391. The summed E-state index contributed by atoms with van der Waals surface area (Å²) in [5.74, 6) is 3.15. The van der Waals surface area contributed by atoms with Crippen LogP contribution in [0.5, 0.6) is 0 Å². The van der Waals surface area contributed by atoms with Gasteiger partial charge in [-0.05, 0) is 56.3 Å². The van der Waals surface area contributed by atoms with Crippen molar-refractivity contribution in [3.8, 4) is 0 Å². The molecule has 0 heterocycles. The fourth-order valence-corrected chi connectivity index (χ4v) is 4.96. The molecule has 0 N–H and O–H groups in total. The summed E-state index contributed by atoms with van der Waals surface area (Å²) < 4.78 is 5.52. The Bertz CT molecular complexity index is 259. The van der Waals surface area contributed by atoms with Gasteiger partial charge in [-0.3, -0.25) is 0 Å². The summed E-state index contributed by atoms with van der Waals surface area (Å²) >= 11 is 0. The summed E-state index contributed by atoms with van der Waals surface area (Å²) in [6.45, 7) is 2.31. The molecule has 0 atom stereocenters. The highest BCUT2D eigenvalue weighted by atomic mass is 16.5. The number of rotatable bonds is 9. The maximum atomic E-state index is 5.52. The highest BCUT2D eigenvalue weighted by Crippen LogP contribution is 2.41. The monoisotopic (exact) mass is 308 g/mol. The number of hydrogen-bond donors (Lipinski definition) is 0. The van der Waals surface area contributed by atoms with Crippen LogP contribution in [0.4, 0.5) is 0 Å². The van der Waals surface area contributed by atoms with Gasteiger partial charge in [0.15, 0.2) is 0 Å². The lowest BCUT2D eigenvalue weighted by Gasteiger charge is -2.37. The predicted molar refractivity (Wildman–Crippen MR) is 96.2 cm³/mol. The van der Waals surface area contributed by atoms with Crippen molar-refractivity contribution in [2.45, 2.75) is 109 Å². The Morgan fingerprint density at radius 2 is 1.23 bits per heavy atom. The molecule has 22 heavy (non-hydrogen) atoms. The first kappa shape index (κ1) is 18.3. The molecule has 0 saturated heterocycles. The van der Waals surface area contributed by atoms with Crippen LogP contribution in [-0.4, -0.2) is 13.2 Å². The normalized spacial score (nSPS) is 33.0. The van der Waals surface area contributed by atoms with Gasteiger partial charge in [0, 0.05) is 7.11 Å². The van der Waals surface area contributed by atoms with Crippen LogP contribution in [0.1, 0.15) is 103 Å². The van der Waals surface area contributed by atoms with E-state index >= 15 is 0 Å². The van der Waals surface area contributed by atoms with Crippen molar-refractivity contribution in [1.29, 1.82) is 0 Å². The third-order valence-electron chi connectivity index (χ3n) is 6.58. The van der Waals surface area contributed by atoms with E-state index in [9.17, 15) is 0 Å². The molecule has 1 nitrogen and oxygen atoms in total. The number of methoxy groups -OCH3 is 1. The molecule has 2 rings (SSSR count). The average molecular weight is 309 g/mol. The van der Waals surface area contributed by atoms with Crippen molar-refractivity contribution in [3.63, 3.8) is 0 Å². The zero-order valence-electron chi connectivity index (χ0n) is 15.3. The van der Waals surface area contributed by atoms with E-state index < -0.39 is 0 Å². The molecule has 0 aromatic rings. The second-order valence-electron chi connectivity index (χ2n) is 8.11. The van der Waals surface area contributed by atoms with E-state index in [-0.39, 0.29) is 0 Å². The van der Waals surface area contributed by atoms with E-state index in [1.165, 1.54) is 96.3 Å². The minimum atomic E-state index is 0.570. The minimum absolute atomic E-state index is 0.570. The highest BCUT2D eigenvalue weighted by molar-refractivity contribution is 4.82. The lowest BCUT2D eigenvalue weighted by Crippen LogP contribution is -2.28. The third-order valence-corrected chi connectivity index (χ3v) is 6.58. The van der Waals surface area contributed by atoms with Crippen LogP contribution in [0.15, 0.2) is 0 Å². The largest absolute Gasteiger partial charge is 0.381 e. The average Bonchev–Trinajstić information content (AvgIpc) is 2.59. The molecule has 2 fully saturated rings. The van der Waals surface area contributed by atoms with E-state index in [1.807, 2.05) is 7.11 Å². The number of unbranched alkanes of at least 4 members (excludes halogenated alkanes) is 5. The molecule has 0 radical (unpaired) electrons. The van der Waals surface area contributed by atoms with E-state index in [0.717, 1.165) is 17.8 Å². The summed E-state index contributed by atoms with van der Waals surface area (Å²) in [6.07, 6.45) is 22.5. The first-order valence-corrected chi connectivity index (χ1v) is 10.4. The van der Waals surface area contributed by atoms with Gasteiger partial charge in [0.2, 0.25) is 0 Å². The molecule has 0 amide bonds. The van der Waals surface area contributed by atoms with Gasteiger partial charge in [-0.15, -0.1) is 0 Å². The summed E-state index contributed by atoms with van der Waals surface area (Å²) in [4.78, 5) is 0. The van der Waals surface area contributed by atoms with Gasteiger partial charge < -0.3 is 4.74 Å². The van der Waals surface area contributed by atoms with Crippen LogP contribution in [0.2, 0.25) is 0 Å². The minimum Gasteiger partial charge on any atom is -0.381 e. The number of ether oxygens (including phenoxy) is 1. The Kier molecular flexibility index (Phi) is 8.89. The fourth-order valence-electron chi connectivity index (χ4n) is 4.96. The zero-order chi connectivity index (χ0) is 15.6. The van der Waals surface area contributed by atoms with Gasteiger partial charge in [0.25, 0.3) is 0 Å². The molecule has 0 aromatic heterocycles. The van der Waals surface area contributed by atoms with E-state index in [0.29, 0.717) is 6.10 Å². The van der Waals surface area contributed by atoms with Gasteiger partial charge in [-0.2, -0.15) is 0 Å². The maximum Gasteiger partial charge on any atom is 0.0571 e. The smallest absolute Gasteiger partial charge is 0.0571 e. The Morgan fingerprint density at radius 1 is 0.682 bits per heavy atom. The van der Waals surface area contributed by atoms with Crippen LogP contribution in [0.25, 0.3) is 0 Å². The first-order chi connectivity index (χ1) is 10.8. The molecule has 1 heteroatoms. The summed E-state index contributed by atoms with van der Waals surface area (Å²) in [7, 11) is 1.89. The van der Waals surface area contributed by atoms with Gasteiger partial charge in [-0.25, -0.2) is 0 Å². The Balaban J connectivity index is 1.52. The lowest BCUT2D eigenvalue weighted by atomic mass is 9.70. The molecule has 2 aliphatic rings. The van der Waals surface area contributed by atoms with Crippen molar-refractivity contribution < 1.29 is 4.74 Å². The van der Waals surface area contributed by atoms with Crippen LogP contribution >= 0.6 is 0 Å². The predicted octanol–water partition coefficient (Wildman–Crippen LogP) is 6.75. The van der Waals surface area contributed by atoms with Gasteiger partial charge in [-0.1, -0.05) is 64.7 Å². The molecule has 2 saturated carbocycles. The topological polar surface area (TPSA) is 9.23 Å². The van der Waals surface area contributed by atoms with Crippen LogP contribution in [0.3, 0.4) is 0 Å².